The van der Waals surface area contributed by atoms with Crippen LogP contribution in [0.25, 0.3) is 0 Å². The highest BCUT2D eigenvalue weighted by Crippen LogP contribution is 2.36. The minimum atomic E-state index is -4.13. The van der Waals surface area contributed by atoms with Gasteiger partial charge in [0, 0.05) is 5.57 Å². The second-order valence-electron chi connectivity index (χ2n) is 3.06. The summed E-state index contributed by atoms with van der Waals surface area (Å²) < 4.78 is 15.4. The highest BCUT2D eigenvalue weighted by molar-refractivity contribution is 7.51. The molecule has 1 unspecified atom stereocenters. The van der Waals surface area contributed by atoms with E-state index in [1.54, 1.807) is 6.92 Å². The van der Waals surface area contributed by atoms with E-state index in [0.717, 1.165) is 0 Å². The predicted molar refractivity (Wildman–Crippen MR) is 51.9 cm³/mol. The second-order valence-corrected chi connectivity index (χ2v) is 4.76. The molecule has 2 N–H and O–H groups in total. The molecule has 82 valence electrons. The average Bonchev–Trinajstić information content (AvgIpc) is 2.00. The Labute approximate surface area is 82.9 Å². The van der Waals surface area contributed by atoms with E-state index >= 15 is 0 Å². The number of hydrogen-bond acceptors (Lipinski definition) is 3. The van der Waals surface area contributed by atoms with Gasteiger partial charge in [0.1, 0.15) is 6.10 Å². The van der Waals surface area contributed by atoms with Crippen molar-refractivity contribution in [3.05, 3.63) is 12.2 Å². The normalized spacial score (nSPS) is 13.4. The van der Waals surface area contributed by atoms with Gasteiger partial charge in [0.2, 0.25) is 0 Å². The smallest absolute Gasteiger partial charge is 0.333 e. The summed E-state index contributed by atoms with van der Waals surface area (Å²) in [6.45, 7) is 6.54. The Morgan fingerprint density at radius 2 is 2.07 bits per heavy atom. The molecule has 0 aromatic carbocycles. The lowest BCUT2D eigenvalue weighted by Gasteiger charge is -2.16. The lowest BCUT2D eigenvalue weighted by molar-refractivity contribution is -0.143. The van der Waals surface area contributed by atoms with Crippen LogP contribution in [0.2, 0.25) is 0 Å². The Balaban J connectivity index is 4.24. The van der Waals surface area contributed by atoms with Gasteiger partial charge in [-0.25, -0.2) is 4.79 Å². The molecule has 0 spiro atoms. The molecule has 0 aliphatic heterocycles. The Morgan fingerprint density at radius 3 is 2.36 bits per heavy atom. The standard InChI is InChI=1S/C8H15O5P/c1-4-7(5-14(10,11)12)13-8(9)6(2)3/h7H,2,4-5H2,1,3H3,(H2,10,11,12). The minimum absolute atomic E-state index is 0.217. The molecule has 0 bridgehead atoms. The number of carbonyl (C=O) groups excluding carboxylic acids is 1. The van der Waals surface area contributed by atoms with E-state index in [1.807, 2.05) is 0 Å². The van der Waals surface area contributed by atoms with Gasteiger partial charge in [-0.3, -0.25) is 4.57 Å². The summed E-state index contributed by atoms with van der Waals surface area (Å²) in [6, 6.07) is 0. The molecule has 0 saturated carbocycles. The van der Waals surface area contributed by atoms with Crippen molar-refractivity contribution < 1.29 is 23.9 Å². The van der Waals surface area contributed by atoms with Crippen LogP contribution in [0.4, 0.5) is 0 Å². The highest BCUT2D eigenvalue weighted by Gasteiger charge is 2.23. The summed E-state index contributed by atoms with van der Waals surface area (Å²) >= 11 is 0. The molecule has 0 rings (SSSR count). The van der Waals surface area contributed by atoms with Crippen molar-refractivity contribution in [3.63, 3.8) is 0 Å². The maximum Gasteiger partial charge on any atom is 0.333 e. The molecule has 0 radical (unpaired) electrons. The molecule has 6 heteroatoms. The lowest BCUT2D eigenvalue weighted by atomic mass is 10.3. The van der Waals surface area contributed by atoms with E-state index in [4.69, 9.17) is 14.5 Å². The van der Waals surface area contributed by atoms with Crippen LogP contribution in [-0.4, -0.2) is 28.0 Å². The Morgan fingerprint density at radius 1 is 1.57 bits per heavy atom. The van der Waals surface area contributed by atoms with Gasteiger partial charge in [0.15, 0.2) is 0 Å². The summed E-state index contributed by atoms with van der Waals surface area (Å²) in [7, 11) is -4.13. The fourth-order valence-electron chi connectivity index (χ4n) is 0.767. The number of esters is 1. The van der Waals surface area contributed by atoms with E-state index in [2.05, 4.69) is 6.58 Å². The van der Waals surface area contributed by atoms with E-state index < -0.39 is 25.8 Å². The maximum atomic E-state index is 11.0. The van der Waals surface area contributed by atoms with Gasteiger partial charge < -0.3 is 14.5 Å². The van der Waals surface area contributed by atoms with Crippen LogP contribution in [0.3, 0.4) is 0 Å². The third-order valence-corrected chi connectivity index (χ3v) is 2.40. The Kier molecular flexibility index (Phi) is 5.05. The molecular formula is C8H15O5P. The van der Waals surface area contributed by atoms with Crippen LogP contribution in [0.15, 0.2) is 12.2 Å². The first-order valence-electron chi connectivity index (χ1n) is 4.17. The van der Waals surface area contributed by atoms with Gasteiger partial charge in [-0.15, -0.1) is 0 Å². The Bertz CT molecular complexity index is 267. The summed E-state index contributed by atoms with van der Waals surface area (Å²) in [6.07, 6.45) is -0.827. The molecule has 1 atom stereocenters. The summed E-state index contributed by atoms with van der Waals surface area (Å²) in [5, 5.41) is 0. The van der Waals surface area contributed by atoms with Crippen LogP contribution in [0.5, 0.6) is 0 Å². The predicted octanol–water partition coefficient (Wildman–Crippen LogP) is 1.06. The highest BCUT2D eigenvalue weighted by atomic mass is 31.2. The first-order chi connectivity index (χ1) is 6.26. The molecule has 0 aromatic rings. The average molecular weight is 222 g/mol. The number of carbonyl (C=O) groups is 1. The molecule has 14 heavy (non-hydrogen) atoms. The Hall–Kier alpha value is -0.640. The minimum Gasteiger partial charge on any atom is -0.458 e. The zero-order valence-electron chi connectivity index (χ0n) is 8.27. The van der Waals surface area contributed by atoms with Gasteiger partial charge in [0.25, 0.3) is 0 Å². The topological polar surface area (TPSA) is 83.8 Å². The van der Waals surface area contributed by atoms with Crippen LogP contribution in [0.1, 0.15) is 20.3 Å². The molecule has 0 saturated heterocycles. The quantitative estimate of drug-likeness (QED) is 0.413. The fourth-order valence-corrected chi connectivity index (χ4v) is 1.63. The molecule has 0 aromatic heterocycles. The van der Waals surface area contributed by atoms with Crippen molar-refractivity contribution in [3.8, 4) is 0 Å². The largest absolute Gasteiger partial charge is 0.458 e. The van der Waals surface area contributed by atoms with Crippen LogP contribution in [0, 0.1) is 0 Å². The van der Waals surface area contributed by atoms with Gasteiger partial charge >= 0.3 is 13.6 Å². The van der Waals surface area contributed by atoms with Crippen molar-refractivity contribution in [1.82, 2.24) is 0 Å². The van der Waals surface area contributed by atoms with Gasteiger partial charge in [-0.2, -0.15) is 0 Å². The second kappa shape index (κ2) is 5.29. The van der Waals surface area contributed by atoms with Crippen molar-refractivity contribution in [2.24, 2.45) is 0 Å². The van der Waals surface area contributed by atoms with Gasteiger partial charge in [0.05, 0.1) is 6.16 Å². The van der Waals surface area contributed by atoms with Crippen LogP contribution < -0.4 is 0 Å². The molecule has 5 nitrogen and oxygen atoms in total. The third kappa shape index (κ3) is 5.91. The van der Waals surface area contributed by atoms with Crippen LogP contribution in [-0.2, 0) is 14.1 Å². The first-order valence-corrected chi connectivity index (χ1v) is 5.97. The maximum absolute atomic E-state index is 11.0. The zero-order chi connectivity index (χ0) is 11.4. The number of hydrogen-bond donors (Lipinski definition) is 2. The van der Waals surface area contributed by atoms with Crippen molar-refractivity contribution >= 4 is 13.6 Å². The lowest BCUT2D eigenvalue weighted by Crippen LogP contribution is -2.21. The first kappa shape index (κ1) is 13.4. The zero-order valence-corrected chi connectivity index (χ0v) is 9.16. The molecular weight excluding hydrogens is 207 g/mol. The molecule has 0 aliphatic carbocycles. The van der Waals surface area contributed by atoms with E-state index in [0.29, 0.717) is 6.42 Å². The van der Waals surface area contributed by atoms with Crippen molar-refractivity contribution in [2.75, 3.05) is 6.16 Å². The monoisotopic (exact) mass is 222 g/mol. The fraction of sp³-hybridized carbons (Fsp3) is 0.625. The molecule has 0 aliphatic rings. The third-order valence-electron chi connectivity index (χ3n) is 1.52. The van der Waals surface area contributed by atoms with Gasteiger partial charge in [-0.1, -0.05) is 13.5 Å². The van der Waals surface area contributed by atoms with E-state index in [1.165, 1.54) is 6.92 Å². The summed E-state index contributed by atoms with van der Waals surface area (Å²) in [4.78, 5) is 28.4. The number of ether oxygens (including phenoxy) is 1. The SMILES string of the molecule is C=C(C)C(=O)OC(CC)CP(=O)(O)O. The summed E-state index contributed by atoms with van der Waals surface area (Å²) in [5.74, 6) is -0.620. The van der Waals surface area contributed by atoms with Gasteiger partial charge in [-0.05, 0) is 13.3 Å². The van der Waals surface area contributed by atoms with E-state index in [-0.39, 0.29) is 5.57 Å². The van der Waals surface area contributed by atoms with Crippen molar-refractivity contribution in [1.29, 1.82) is 0 Å². The number of rotatable bonds is 5. The van der Waals surface area contributed by atoms with Crippen LogP contribution >= 0.6 is 7.60 Å². The van der Waals surface area contributed by atoms with E-state index in [9.17, 15) is 9.36 Å². The molecule has 0 amide bonds. The summed E-state index contributed by atoms with van der Waals surface area (Å²) in [5.41, 5.74) is 0.217. The molecule has 0 heterocycles. The molecule has 0 fully saturated rings. The van der Waals surface area contributed by atoms with Crippen molar-refractivity contribution in [2.45, 2.75) is 26.4 Å².